The summed E-state index contributed by atoms with van der Waals surface area (Å²) in [7, 11) is 0. The summed E-state index contributed by atoms with van der Waals surface area (Å²) in [6, 6.07) is 8.07. The molecule has 0 unspecified atom stereocenters. The molecule has 1 heterocycles. The minimum Gasteiger partial charge on any atom is -0.286 e. The predicted octanol–water partition coefficient (Wildman–Crippen LogP) is 1.80. The summed E-state index contributed by atoms with van der Waals surface area (Å²) in [6.07, 6.45) is 5.46. The zero-order valence-electron chi connectivity index (χ0n) is 10.2. The Balaban J connectivity index is 2.21. The Morgan fingerprint density at radius 2 is 1.88 bits per heavy atom. The fourth-order valence-electron chi connectivity index (χ4n) is 3.02. The summed E-state index contributed by atoms with van der Waals surface area (Å²) >= 11 is 0. The minimum absolute atomic E-state index is 0.392. The van der Waals surface area contributed by atoms with Crippen molar-refractivity contribution in [2.24, 2.45) is 4.99 Å². The molecule has 3 heteroatoms. The van der Waals surface area contributed by atoms with Crippen LogP contribution in [0.1, 0.15) is 39.0 Å². The molecule has 0 atom stereocenters. The standard InChI is InChI=1S/C14H18N2O/c1-11-12-7-3-4-8-13(12)15-14(16(11)17)9-5-2-6-10-14/h3-4,7-8,17H,2,5-6,9-10H2,1H3. The molecule has 0 bridgehead atoms. The van der Waals surface area contributed by atoms with Crippen molar-refractivity contribution in [1.82, 2.24) is 5.06 Å². The molecular weight excluding hydrogens is 212 g/mol. The first-order valence-corrected chi connectivity index (χ1v) is 6.38. The van der Waals surface area contributed by atoms with E-state index in [-0.39, 0.29) is 0 Å². The van der Waals surface area contributed by atoms with Crippen LogP contribution in [0.25, 0.3) is 5.70 Å². The molecule has 1 saturated carbocycles. The van der Waals surface area contributed by atoms with Gasteiger partial charge in [-0.25, -0.2) is 5.06 Å². The third-order valence-corrected chi connectivity index (χ3v) is 3.99. The molecule has 0 radical (unpaired) electrons. The first-order valence-electron chi connectivity index (χ1n) is 6.38. The largest absolute Gasteiger partial charge is 0.286 e. The lowest BCUT2D eigenvalue weighted by atomic mass is 9.88. The van der Waals surface area contributed by atoms with Gasteiger partial charge in [0.25, 0.3) is 0 Å². The number of benzene rings is 1. The average molecular weight is 230 g/mol. The number of para-hydroxylation sites is 1. The Labute approximate surface area is 101 Å². The van der Waals surface area contributed by atoms with E-state index >= 15 is 0 Å². The number of hydroxylamine groups is 2. The zero-order chi connectivity index (χ0) is 11.9. The van der Waals surface area contributed by atoms with E-state index in [1.165, 1.54) is 11.5 Å². The smallest absolute Gasteiger partial charge is 0.156 e. The summed E-state index contributed by atoms with van der Waals surface area (Å²) in [5, 5.41) is 13.9. The van der Waals surface area contributed by atoms with E-state index in [0.717, 1.165) is 42.0 Å². The third-order valence-electron chi connectivity index (χ3n) is 3.99. The lowest BCUT2D eigenvalue weighted by Crippen LogP contribution is -2.53. The van der Waals surface area contributed by atoms with Gasteiger partial charge in [0.15, 0.2) is 5.66 Å². The Hall–Kier alpha value is -1.35. The van der Waals surface area contributed by atoms with Gasteiger partial charge >= 0.3 is 0 Å². The highest BCUT2D eigenvalue weighted by Gasteiger charge is 2.39. The van der Waals surface area contributed by atoms with Crippen molar-refractivity contribution in [2.75, 3.05) is 0 Å². The summed E-state index contributed by atoms with van der Waals surface area (Å²) < 4.78 is 0. The molecular formula is C14H18N2O. The molecule has 1 aromatic rings. The maximum atomic E-state index is 10.4. The van der Waals surface area contributed by atoms with Gasteiger partial charge in [-0.3, -0.25) is 10.2 Å². The first kappa shape index (κ1) is 10.8. The van der Waals surface area contributed by atoms with Crippen molar-refractivity contribution in [3.05, 3.63) is 34.8 Å². The summed E-state index contributed by atoms with van der Waals surface area (Å²) in [6.45, 7) is 1.98. The molecule has 1 fully saturated rings. The van der Waals surface area contributed by atoms with Crippen molar-refractivity contribution >= 4 is 5.70 Å². The molecule has 3 nitrogen and oxygen atoms in total. The molecule has 1 aliphatic carbocycles. The zero-order valence-corrected chi connectivity index (χ0v) is 10.2. The SMILES string of the molecule is CC1=c2ccccc2=NC2(CCCCC2)N1O. The van der Waals surface area contributed by atoms with Gasteiger partial charge < -0.3 is 0 Å². The predicted molar refractivity (Wildman–Crippen MR) is 65.7 cm³/mol. The van der Waals surface area contributed by atoms with Gasteiger partial charge in [-0.2, -0.15) is 0 Å². The minimum atomic E-state index is -0.392. The topological polar surface area (TPSA) is 35.8 Å². The van der Waals surface area contributed by atoms with Crippen LogP contribution >= 0.6 is 0 Å². The highest BCUT2D eigenvalue weighted by molar-refractivity contribution is 5.41. The number of hydrogen-bond donors (Lipinski definition) is 1. The molecule has 1 aliphatic heterocycles. The van der Waals surface area contributed by atoms with Gasteiger partial charge in [-0.05, 0) is 38.7 Å². The fraction of sp³-hybridized carbons (Fsp3) is 0.500. The van der Waals surface area contributed by atoms with Crippen molar-refractivity contribution in [2.45, 2.75) is 44.7 Å². The Bertz CT molecular complexity index is 544. The van der Waals surface area contributed by atoms with Crippen molar-refractivity contribution in [3.63, 3.8) is 0 Å². The average Bonchev–Trinajstić information content (AvgIpc) is 2.37. The van der Waals surface area contributed by atoms with Gasteiger partial charge in [0.05, 0.1) is 5.36 Å². The molecule has 1 N–H and O–H groups in total. The first-order chi connectivity index (χ1) is 8.23. The van der Waals surface area contributed by atoms with Crippen LogP contribution in [0.2, 0.25) is 0 Å². The van der Waals surface area contributed by atoms with Crippen LogP contribution in [-0.2, 0) is 0 Å². The maximum Gasteiger partial charge on any atom is 0.156 e. The van der Waals surface area contributed by atoms with Crippen molar-refractivity contribution in [1.29, 1.82) is 0 Å². The molecule has 0 amide bonds. The Morgan fingerprint density at radius 3 is 2.65 bits per heavy atom. The summed E-state index contributed by atoms with van der Waals surface area (Å²) in [5.41, 5.74) is 0.536. The van der Waals surface area contributed by atoms with E-state index < -0.39 is 5.66 Å². The lowest BCUT2D eigenvalue weighted by molar-refractivity contribution is -0.134. The van der Waals surface area contributed by atoms with Gasteiger partial charge in [0.1, 0.15) is 0 Å². The van der Waals surface area contributed by atoms with Crippen LogP contribution in [0.15, 0.2) is 29.3 Å². The van der Waals surface area contributed by atoms with Gasteiger partial charge in [0.2, 0.25) is 0 Å². The second-order valence-electron chi connectivity index (χ2n) is 5.07. The summed E-state index contributed by atoms with van der Waals surface area (Å²) in [5.74, 6) is 0. The number of fused-ring (bicyclic) bond motifs is 1. The van der Waals surface area contributed by atoms with Crippen LogP contribution in [0.5, 0.6) is 0 Å². The van der Waals surface area contributed by atoms with E-state index in [9.17, 15) is 5.21 Å². The van der Waals surface area contributed by atoms with Gasteiger partial charge in [0, 0.05) is 10.9 Å². The van der Waals surface area contributed by atoms with Crippen molar-refractivity contribution in [3.8, 4) is 0 Å². The van der Waals surface area contributed by atoms with Crippen LogP contribution in [-0.4, -0.2) is 15.9 Å². The lowest BCUT2D eigenvalue weighted by Gasteiger charge is -2.42. The summed E-state index contributed by atoms with van der Waals surface area (Å²) in [4.78, 5) is 4.82. The molecule has 0 aromatic heterocycles. The normalized spacial score (nSPS) is 22.2. The quantitative estimate of drug-likeness (QED) is 0.737. The molecule has 17 heavy (non-hydrogen) atoms. The van der Waals surface area contributed by atoms with E-state index in [2.05, 4.69) is 0 Å². The highest BCUT2D eigenvalue weighted by Crippen LogP contribution is 2.36. The van der Waals surface area contributed by atoms with Gasteiger partial charge in [-0.15, -0.1) is 0 Å². The Kier molecular flexibility index (Phi) is 2.44. The van der Waals surface area contributed by atoms with E-state index in [0.29, 0.717) is 0 Å². The second-order valence-corrected chi connectivity index (χ2v) is 5.07. The van der Waals surface area contributed by atoms with Crippen LogP contribution in [0.3, 0.4) is 0 Å². The monoisotopic (exact) mass is 230 g/mol. The van der Waals surface area contributed by atoms with Crippen LogP contribution in [0.4, 0.5) is 0 Å². The molecule has 1 spiro atoms. The molecule has 90 valence electrons. The number of hydrogen-bond acceptors (Lipinski definition) is 3. The van der Waals surface area contributed by atoms with E-state index in [4.69, 9.17) is 4.99 Å². The van der Waals surface area contributed by atoms with Crippen LogP contribution < -0.4 is 10.6 Å². The maximum absolute atomic E-state index is 10.4. The second kappa shape index (κ2) is 3.84. The molecule has 3 rings (SSSR count). The third kappa shape index (κ3) is 1.57. The van der Waals surface area contributed by atoms with Crippen LogP contribution in [0, 0.1) is 0 Å². The number of rotatable bonds is 0. The Morgan fingerprint density at radius 1 is 1.18 bits per heavy atom. The number of nitrogens with zero attached hydrogens (tertiary/aromatic N) is 2. The van der Waals surface area contributed by atoms with Gasteiger partial charge in [-0.1, -0.05) is 24.6 Å². The molecule has 0 saturated heterocycles. The van der Waals surface area contributed by atoms with Crippen molar-refractivity contribution < 1.29 is 5.21 Å². The fourth-order valence-corrected chi connectivity index (χ4v) is 3.02. The van der Waals surface area contributed by atoms with E-state index in [1.54, 1.807) is 0 Å². The molecule has 2 aliphatic rings. The van der Waals surface area contributed by atoms with E-state index in [1.807, 2.05) is 31.2 Å². The molecule has 1 aromatic carbocycles. The highest BCUT2D eigenvalue weighted by atomic mass is 16.5.